The van der Waals surface area contributed by atoms with Crippen molar-refractivity contribution in [2.75, 3.05) is 17.2 Å². The van der Waals surface area contributed by atoms with Crippen molar-refractivity contribution in [1.29, 1.82) is 0 Å². The summed E-state index contributed by atoms with van der Waals surface area (Å²) in [6.07, 6.45) is 2.12. The third-order valence-electron chi connectivity index (χ3n) is 3.78. The molecule has 29 heavy (non-hydrogen) atoms. The van der Waals surface area contributed by atoms with Crippen LogP contribution in [0.3, 0.4) is 0 Å². The first-order valence-corrected chi connectivity index (χ1v) is 10.6. The minimum absolute atomic E-state index is 0.0221. The molecule has 3 N–H and O–H groups in total. The minimum atomic E-state index is -0.363. The number of thiocarbonyl (C=S) groups is 1. The average Bonchev–Trinajstić information content (AvgIpc) is 2.68. The topological polar surface area (TPSA) is 79.5 Å². The zero-order valence-electron chi connectivity index (χ0n) is 16.4. The van der Waals surface area contributed by atoms with Crippen LogP contribution in [-0.2, 0) is 4.79 Å². The van der Waals surface area contributed by atoms with Crippen LogP contribution in [0, 0.1) is 0 Å². The van der Waals surface area contributed by atoms with Crippen molar-refractivity contribution in [2.24, 2.45) is 0 Å². The summed E-state index contributed by atoms with van der Waals surface area (Å²) in [5.41, 5.74) is 1.79. The molecular formula is C21H24BrN3O3S. The van der Waals surface area contributed by atoms with Gasteiger partial charge < -0.3 is 15.4 Å². The molecule has 0 heterocycles. The molecule has 2 aromatic rings. The van der Waals surface area contributed by atoms with Gasteiger partial charge in [0.1, 0.15) is 5.75 Å². The lowest BCUT2D eigenvalue weighted by atomic mass is 10.2. The third kappa shape index (κ3) is 7.47. The molecule has 154 valence electrons. The summed E-state index contributed by atoms with van der Waals surface area (Å²) in [5, 5.41) is 8.61. The van der Waals surface area contributed by atoms with Crippen molar-refractivity contribution in [1.82, 2.24) is 5.32 Å². The first-order chi connectivity index (χ1) is 13.9. The number of halogens is 1. The zero-order chi connectivity index (χ0) is 21.2. The number of nitrogens with one attached hydrogen (secondary N) is 3. The van der Waals surface area contributed by atoms with Crippen molar-refractivity contribution in [3.8, 4) is 5.75 Å². The van der Waals surface area contributed by atoms with E-state index in [-0.39, 0.29) is 16.9 Å². The summed E-state index contributed by atoms with van der Waals surface area (Å²) in [7, 11) is 0. The zero-order valence-corrected chi connectivity index (χ0v) is 18.8. The van der Waals surface area contributed by atoms with Crippen molar-refractivity contribution in [3.05, 3.63) is 52.5 Å². The summed E-state index contributed by atoms with van der Waals surface area (Å²) in [5.74, 6) is 0.118. The standard InChI is InChI=1S/C21H24BrN3O3S/c1-3-5-19(26)23-15-7-9-16(10-8-15)24-21(29)25-20(27)17-13-14(22)6-11-18(17)28-12-4-2/h6-11,13H,3-5,12H2,1-2H3,(H,23,26)(H2,24,25,27,29). The maximum absolute atomic E-state index is 12.6. The maximum atomic E-state index is 12.6. The Morgan fingerprint density at radius 1 is 1.00 bits per heavy atom. The van der Waals surface area contributed by atoms with Crippen LogP contribution in [0.2, 0.25) is 0 Å². The Labute approximate surface area is 184 Å². The molecule has 0 unspecified atom stereocenters. The van der Waals surface area contributed by atoms with Crippen LogP contribution in [0.4, 0.5) is 11.4 Å². The number of benzene rings is 2. The fraction of sp³-hybridized carbons (Fsp3) is 0.286. The molecule has 8 heteroatoms. The number of hydrogen-bond donors (Lipinski definition) is 3. The van der Waals surface area contributed by atoms with Gasteiger partial charge in [0.15, 0.2) is 5.11 Å². The molecule has 0 radical (unpaired) electrons. The second kappa shape index (κ2) is 11.5. The lowest BCUT2D eigenvalue weighted by Crippen LogP contribution is -2.34. The van der Waals surface area contributed by atoms with Gasteiger partial charge in [0.25, 0.3) is 5.91 Å². The molecule has 6 nitrogen and oxygen atoms in total. The Morgan fingerprint density at radius 3 is 2.28 bits per heavy atom. The number of carbonyl (C=O) groups excluding carboxylic acids is 2. The van der Waals surface area contributed by atoms with E-state index >= 15 is 0 Å². The Balaban J connectivity index is 1.97. The summed E-state index contributed by atoms with van der Waals surface area (Å²) in [6.45, 7) is 4.47. The van der Waals surface area contributed by atoms with E-state index in [1.807, 2.05) is 19.9 Å². The first kappa shape index (κ1) is 22.8. The van der Waals surface area contributed by atoms with Gasteiger partial charge in [-0.25, -0.2) is 0 Å². The van der Waals surface area contributed by atoms with Gasteiger partial charge in [0.05, 0.1) is 12.2 Å². The van der Waals surface area contributed by atoms with E-state index in [9.17, 15) is 9.59 Å². The van der Waals surface area contributed by atoms with Crippen LogP contribution in [0.25, 0.3) is 0 Å². The van der Waals surface area contributed by atoms with Crippen LogP contribution in [0.15, 0.2) is 46.9 Å². The minimum Gasteiger partial charge on any atom is -0.493 e. The van der Waals surface area contributed by atoms with E-state index in [1.54, 1.807) is 36.4 Å². The summed E-state index contributed by atoms with van der Waals surface area (Å²) in [4.78, 5) is 24.3. The summed E-state index contributed by atoms with van der Waals surface area (Å²) in [6, 6.07) is 12.3. The fourth-order valence-electron chi connectivity index (χ4n) is 2.44. The van der Waals surface area contributed by atoms with E-state index in [2.05, 4.69) is 31.9 Å². The quantitative estimate of drug-likeness (QED) is 0.460. The van der Waals surface area contributed by atoms with Gasteiger partial charge in [-0.15, -0.1) is 0 Å². The van der Waals surface area contributed by atoms with E-state index in [0.29, 0.717) is 35.7 Å². The average molecular weight is 478 g/mol. The number of carbonyl (C=O) groups is 2. The Morgan fingerprint density at radius 2 is 1.66 bits per heavy atom. The van der Waals surface area contributed by atoms with Gasteiger partial charge in [-0.2, -0.15) is 0 Å². The maximum Gasteiger partial charge on any atom is 0.261 e. The fourth-order valence-corrected chi connectivity index (χ4v) is 3.01. The van der Waals surface area contributed by atoms with E-state index in [1.165, 1.54) is 0 Å². The Bertz CT molecular complexity index is 872. The Hall–Kier alpha value is -2.45. The highest BCUT2D eigenvalue weighted by molar-refractivity contribution is 9.10. The van der Waals surface area contributed by atoms with Crippen LogP contribution in [0.1, 0.15) is 43.5 Å². The molecule has 0 aliphatic rings. The monoisotopic (exact) mass is 477 g/mol. The third-order valence-corrected chi connectivity index (χ3v) is 4.48. The summed E-state index contributed by atoms with van der Waals surface area (Å²) >= 11 is 8.62. The highest BCUT2D eigenvalue weighted by atomic mass is 79.9. The van der Waals surface area contributed by atoms with Crippen LogP contribution < -0.4 is 20.7 Å². The van der Waals surface area contributed by atoms with Gasteiger partial charge in [-0.3, -0.25) is 14.9 Å². The van der Waals surface area contributed by atoms with Crippen LogP contribution in [-0.4, -0.2) is 23.5 Å². The SMILES string of the molecule is CCCOc1ccc(Br)cc1C(=O)NC(=S)Nc1ccc(NC(=O)CCC)cc1. The van der Waals surface area contributed by atoms with Gasteiger partial charge in [0, 0.05) is 22.3 Å². The highest BCUT2D eigenvalue weighted by Crippen LogP contribution is 2.23. The molecule has 2 aromatic carbocycles. The smallest absolute Gasteiger partial charge is 0.261 e. The molecule has 0 spiro atoms. The molecule has 0 aliphatic carbocycles. The molecule has 2 rings (SSSR count). The normalized spacial score (nSPS) is 10.2. The highest BCUT2D eigenvalue weighted by Gasteiger charge is 2.15. The molecule has 0 bridgehead atoms. The van der Waals surface area contributed by atoms with E-state index < -0.39 is 0 Å². The van der Waals surface area contributed by atoms with Gasteiger partial charge in [-0.05, 0) is 67.5 Å². The van der Waals surface area contributed by atoms with Gasteiger partial charge in [-0.1, -0.05) is 29.8 Å². The molecule has 0 fully saturated rings. The molecule has 0 saturated carbocycles. The van der Waals surface area contributed by atoms with E-state index in [0.717, 1.165) is 17.3 Å². The molecule has 0 atom stereocenters. The lowest BCUT2D eigenvalue weighted by molar-refractivity contribution is -0.116. The molecule has 0 saturated heterocycles. The number of ether oxygens (including phenoxy) is 1. The van der Waals surface area contributed by atoms with Crippen molar-refractivity contribution < 1.29 is 14.3 Å². The first-order valence-electron chi connectivity index (χ1n) is 9.37. The number of rotatable bonds is 8. The van der Waals surface area contributed by atoms with E-state index in [4.69, 9.17) is 17.0 Å². The second-order valence-corrected chi connectivity index (χ2v) is 7.60. The second-order valence-electron chi connectivity index (χ2n) is 6.27. The van der Waals surface area contributed by atoms with Gasteiger partial charge in [0.2, 0.25) is 5.91 Å². The Kier molecular flexibility index (Phi) is 9.08. The van der Waals surface area contributed by atoms with Crippen molar-refractivity contribution in [2.45, 2.75) is 33.1 Å². The number of hydrogen-bond acceptors (Lipinski definition) is 4. The molecule has 2 amide bonds. The molecule has 0 aromatic heterocycles. The van der Waals surface area contributed by atoms with Crippen LogP contribution in [0.5, 0.6) is 5.75 Å². The van der Waals surface area contributed by atoms with Crippen molar-refractivity contribution >= 4 is 56.4 Å². The molecular weight excluding hydrogens is 454 g/mol. The predicted molar refractivity (Wildman–Crippen MR) is 124 cm³/mol. The van der Waals surface area contributed by atoms with Crippen molar-refractivity contribution in [3.63, 3.8) is 0 Å². The number of anilines is 2. The largest absolute Gasteiger partial charge is 0.493 e. The predicted octanol–water partition coefficient (Wildman–Crippen LogP) is 5.10. The molecule has 0 aliphatic heterocycles. The number of amides is 2. The van der Waals surface area contributed by atoms with Crippen LogP contribution >= 0.6 is 28.1 Å². The summed E-state index contributed by atoms with van der Waals surface area (Å²) < 4.78 is 6.41. The van der Waals surface area contributed by atoms with Gasteiger partial charge >= 0.3 is 0 Å². The lowest BCUT2D eigenvalue weighted by Gasteiger charge is -2.13.